The number of piperidine rings is 1. The monoisotopic (exact) mass is 220 g/mol. The minimum absolute atomic E-state index is 0.0583. The van der Waals surface area contributed by atoms with Crippen molar-refractivity contribution in [1.82, 2.24) is 10.4 Å². The van der Waals surface area contributed by atoms with Gasteiger partial charge in [0.15, 0.2) is 0 Å². The maximum Gasteiger partial charge on any atom is 0.400 e. The van der Waals surface area contributed by atoms with Gasteiger partial charge in [0.1, 0.15) is 0 Å². The van der Waals surface area contributed by atoms with Crippen molar-refractivity contribution in [2.45, 2.75) is 25.3 Å². The highest BCUT2D eigenvalue weighted by atomic mass is 31.2. The zero-order valence-electron chi connectivity index (χ0n) is 8.02. The molecule has 2 atom stereocenters. The summed E-state index contributed by atoms with van der Waals surface area (Å²) in [4.78, 5) is 17.7. The molecule has 0 unspecified atom stereocenters. The Labute approximate surface area is 83.5 Å². The van der Waals surface area contributed by atoms with Crippen molar-refractivity contribution in [2.24, 2.45) is 11.8 Å². The van der Waals surface area contributed by atoms with E-state index in [0.717, 1.165) is 13.0 Å². The Hall–Kier alpha value is 0.0700. The Morgan fingerprint density at radius 1 is 1.29 bits per heavy atom. The fourth-order valence-corrected chi connectivity index (χ4v) is 3.04. The number of nitrogens with one attached hydrogen (secondary N) is 2. The van der Waals surface area contributed by atoms with Crippen LogP contribution in [0.5, 0.6) is 0 Å². The van der Waals surface area contributed by atoms with Gasteiger partial charge in [-0.2, -0.15) is 0 Å². The zero-order valence-corrected chi connectivity index (χ0v) is 8.91. The molecule has 6 heteroatoms. The highest BCUT2D eigenvalue weighted by Gasteiger charge is 2.39. The fourth-order valence-electron chi connectivity index (χ4n) is 2.32. The molecule has 0 radical (unpaired) electrons. The Kier molecular flexibility index (Phi) is 2.96. The van der Waals surface area contributed by atoms with E-state index in [4.69, 9.17) is 9.79 Å². The van der Waals surface area contributed by atoms with Crippen LogP contribution in [0.15, 0.2) is 0 Å². The molecule has 5 nitrogen and oxygen atoms in total. The van der Waals surface area contributed by atoms with Crippen LogP contribution < -0.4 is 10.4 Å². The van der Waals surface area contributed by atoms with Gasteiger partial charge < -0.3 is 15.1 Å². The van der Waals surface area contributed by atoms with Crippen LogP contribution >= 0.6 is 7.75 Å². The Morgan fingerprint density at radius 2 is 2.00 bits per heavy atom. The molecular formula is C8H17N2O3P. The normalized spacial score (nSPS) is 34.4. The van der Waals surface area contributed by atoms with Gasteiger partial charge in [0.2, 0.25) is 0 Å². The lowest BCUT2D eigenvalue weighted by Gasteiger charge is -2.33. The van der Waals surface area contributed by atoms with Crippen LogP contribution in [0.4, 0.5) is 0 Å². The summed E-state index contributed by atoms with van der Waals surface area (Å²) in [7, 11) is -4.07. The van der Waals surface area contributed by atoms with Crippen molar-refractivity contribution >= 4 is 7.75 Å². The number of hydrogen-bond acceptors (Lipinski definition) is 2. The molecule has 2 fully saturated rings. The van der Waals surface area contributed by atoms with Gasteiger partial charge >= 0.3 is 7.75 Å². The summed E-state index contributed by atoms with van der Waals surface area (Å²) in [5.41, 5.74) is 0. The smallest absolute Gasteiger partial charge is 0.315 e. The third kappa shape index (κ3) is 2.78. The van der Waals surface area contributed by atoms with Gasteiger partial charge in [0.25, 0.3) is 0 Å². The predicted molar refractivity (Wildman–Crippen MR) is 52.7 cm³/mol. The molecule has 0 bridgehead atoms. The van der Waals surface area contributed by atoms with Crippen LogP contribution in [0, 0.1) is 11.8 Å². The summed E-state index contributed by atoms with van der Waals surface area (Å²) in [6.45, 7) is 1.65. The highest BCUT2D eigenvalue weighted by molar-refractivity contribution is 7.49. The van der Waals surface area contributed by atoms with E-state index in [2.05, 4.69) is 10.4 Å². The Morgan fingerprint density at radius 3 is 2.57 bits per heavy atom. The third-order valence-electron chi connectivity index (χ3n) is 3.10. The molecule has 1 heterocycles. The van der Waals surface area contributed by atoms with Gasteiger partial charge in [-0.1, -0.05) is 0 Å². The van der Waals surface area contributed by atoms with Gasteiger partial charge in [-0.3, -0.25) is 0 Å². The number of hydrogen-bond donors (Lipinski definition) is 4. The average molecular weight is 220 g/mol. The second kappa shape index (κ2) is 3.91. The van der Waals surface area contributed by atoms with Gasteiger partial charge in [0, 0.05) is 12.6 Å². The van der Waals surface area contributed by atoms with Crippen LogP contribution in [0.25, 0.3) is 0 Å². The van der Waals surface area contributed by atoms with E-state index in [1.165, 1.54) is 12.8 Å². The largest absolute Gasteiger partial charge is 0.400 e. The highest BCUT2D eigenvalue weighted by Crippen LogP contribution is 2.43. The molecular weight excluding hydrogens is 203 g/mol. The summed E-state index contributed by atoms with van der Waals surface area (Å²) in [6.07, 6.45) is 3.48. The lowest BCUT2D eigenvalue weighted by Crippen LogP contribution is -2.48. The molecule has 0 spiro atoms. The zero-order chi connectivity index (χ0) is 10.2. The Balaban J connectivity index is 1.95. The maximum atomic E-state index is 10.8. The first-order valence-corrected chi connectivity index (χ1v) is 6.71. The van der Waals surface area contributed by atoms with Crippen molar-refractivity contribution in [1.29, 1.82) is 0 Å². The van der Waals surface area contributed by atoms with Gasteiger partial charge in [-0.25, -0.2) is 9.65 Å². The minimum Gasteiger partial charge on any atom is -0.315 e. The van der Waals surface area contributed by atoms with Gasteiger partial charge in [-0.05, 0) is 37.6 Å². The molecule has 0 amide bonds. The van der Waals surface area contributed by atoms with Crippen molar-refractivity contribution in [2.75, 3.05) is 13.1 Å². The molecule has 82 valence electrons. The van der Waals surface area contributed by atoms with Crippen molar-refractivity contribution in [3.05, 3.63) is 0 Å². The first-order chi connectivity index (χ1) is 6.56. The third-order valence-corrected chi connectivity index (χ3v) is 3.77. The standard InChI is InChI=1S/C8H17N2O3P/c11-14(12,13)10-8-5-9-4-3-7(8)6-1-2-6/h6-9H,1-5H2,(H3,10,11,12,13)/t7-,8+/m1/s1. The maximum absolute atomic E-state index is 10.8. The molecule has 1 saturated heterocycles. The van der Waals surface area contributed by atoms with E-state index >= 15 is 0 Å². The SMILES string of the molecule is O=P(O)(O)N[C@H]1CNCC[C@@H]1C1CC1. The van der Waals surface area contributed by atoms with Crippen LogP contribution in [0.2, 0.25) is 0 Å². The number of rotatable bonds is 3. The molecule has 0 aromatic rings. The lowest BCUT2D eigenvalue weighted by atomic mass is 9.89. The minimum atomic E-state index is -4.07. The Bertz CT molecular complexity index is 251. The molecule has 14 heavy (non-hydrogen) atoms. The molecule has 2 aliphatic rings. The van der Waals surface area contributed by atoms with Gasteiger partial charge in [-0.15, -0.1) is 0 Å². The van der Waals surface area contributed by atoms with E-state index < -0.39 is 7.75 Å². The van der Waals surface area contributed by atoms with Crippen molar-refractivity contribution in [3.8, 4) is 0 Å². The molecule has 1 aliphatic carbocycles. The lowest BCUT2D eigenvalue weighted by molar-refractivity contribution is 0.253. The van der Waals surface area contributed by atoms with E-state index in [1.54, 1.807) is 0 Å². The van der Waals surface area contributed by atoms with E-state index in [9.17, 15) is 4.57 Å². The van der Waals surface area contributed by atoms with Crippen LogP contribution in [0.3, 0.4) is 0 Å². The second-order valence-electron chi connectivity index (χ2n) is 4.27. The molecule has 0 aromatic carbocycles. The second-order valence-corrected chi connectivity index (χ2v) is 5.62. The van der Waals surface area contributed by atoms with Crippen molar-refractivity contribution in [3.63, 3.8) is 0 Å². The van der Waals surface area contributed by atoms with E-state index in [0.29, 0.717) is 18.4 Å². The molecule has 2 rings (SSSR count). The molecule has 4 N–H and O–H groups in total. The van der Waals surface area contributed by atoms with E-state index in [1.807, 2.05) is 0 Å². The quantitative estimate of drug-likeness (QED) is 0.505. The molecule has 1 aliphatic heterocycles. The van der Waals surface area contributed by atoms with Crippen molar-refractivity contribution < 1.29 is 14.4 Å². The summed E-state index contributed by atoms with van der Waals surface area (Å²) in [5.74, 6) is 1.14. The first kappa shape index (κ1) is 10.6. The van der Waals surface area contributed by atoms with Crippen LogP contribution in [-0.4, -0.2) is 28.9 Å². The fraction of sp³-hybridized carbons (Fsp3) is 1.00. The van der Waals surface area contributed by atoms with Gasteiger partial charge in [0.05, 0.1) is 0 Å². The molecule has 0 aromatic heterocycles. The predicted octanol–water partition coefficient (Wildman–Crippen LogP) is 0.0568. The van der Waals surface area contributed by atoms with Crippen LogP contribution in [0.1, 0.15) is 19.3 Å². The average Bonchev–Trinajstić information content (AvgIpc) is 2.85. The summed E-state index contributed by atoms with van der Waals surface area (Å²) in [6, 6.07) is -0.0583. The topological polar surface area (TPSA) is 81.6 Å². The molecule has 1 saturated carbocycles. The van der Waals surface area contributed by atoms with E-state index in [-0.39, 0.29) is 6.04 Å². The van der Waals surface area contributed by atoms with Crippen LogP contribution in [-0.2, 0) is 4.57 Å². The summed E-state index contributed by atoms with van der Waals surface area (Å²) in [5, 5.41) is 5.60. The summed E-state index contributed by atoms with van der Waals surface area (Å²) >= 11 is 0. The first-order valence-electron chi connectivity index (χ1n) is 5.10. The summed E-state index contributed by atoms with van der Waals surface area (Å²) < 4.78 is 10.8.